The first-order chi connectivity index (χ1) is 11.8. The summed E-state index contributed by atoms with van der Waals surface area (Å²) < 4.78 is 24.6. The summed E-state index contributed by atoms with van der Waals surface area (Å²) in [5.74, 6) is 0.271. The Balaban J connectivity index is 1.86. The van der Waals surface area contributed by atoms with Gasteiger partial charge in [-0.05, 0) is 30.9 Å². The van der Waals surface area contributed by atoms with Crippen molar-refractivity contribution in [3.63, 3.8) is 0 Å². The van der Waals surface area contributed by atoms with Crippen LogP contribution in [0.2, 0.25) is 0 Å². The summed E-state index contributed by atoms with van der Waals surface area (Å²) in [4.78, 5) is 16.4. The van der Waals surface area contributed by atoms with Gasteiger partial charge in [-0.1, -0.05) is 0 Å². The first-order valence-corrected chi connectivity index (χ1v) is 9.28. The van der Waals surface area contributed by atoms with Gasteiger partial charge < -0.3 is 4.90 Å². The van der Waals surface area contributed by atoms with E-state index in [-0.39, 0.29) is 16.5 Å². The van der Waals surface area contributed by atoms with E-state index in [1.807, 2.05) is 4.90 Å². The van der Waals surface area contributed by atoms with Crippen LogP contribution < -0.4 is 10.0 Å². The number of hydrogen-bond donors (Lipinski definition) is 1. The highest BCUT2D eigenvalue weighted by atomic mass is 32.2. The summed E-state index contributed by atoms with van der Waals surface area (Å²) in [6, 6.07) is 3.78. The van der Waals surface area contributed by atoms with Crippen molar-refractivity contribution in [2.45, 2.75) is 24.3 Å². The van der Waals surface area contributed by atoms with Crippen LogP contribution in [0.3, 0.4) is 0 Å². The third-order valence-electron chi connectivity index (χ3n) is 4.24. The monoisotopic (exact) mass is 366 g/mol. The molecule has 1 unspecified atom stereocenters. The van der Waals surface area contributed by atoms with E-state index in [1.54, 1.807) is 11.0 Å². The Morgan fingerprint density at radius 2 is 2.20 bits per heavy atom. The van der Waals surface area contributed by atoms with Crippen molar-refractivity contribution < 1.29 is 13.3 Å². The first-order valence-electron chi connectivity index (χ1n) is 7.73. The maximum absolute atomic E-state index is 11.5. The average Bonchev–Trinajstić information content (AvgIpc) is 3.06. The molecule has 2 heterocycles. The Kier molecular flexibility index (Phi) is 4.68. The molecule has 0 spiro atoms. The molecular weight excluding hydrogens is 348 g/mol. The molecule has 1 aromatic carbocycles. The van der Waals surface area contributed by atoms with Crippen molar-refractivity contribution in [1.29, 1.82) is 0 Å². The van der Waals surface area contributed by atoms with Gasteiger partial charge in [0.1, 0.15) is 18.3 Å². The number of piperidine rings is 1. The molecule has 0 aliphatic carbocycles. The number of primary sulfonamides is 1. The van der Waals surface area contributed by atoms with Gasteiger partial charge in [0.2, 0.25) is 10.0 Å². The molecule has 0 saturated carbocycles. The van der Waals surface area contributed by atoms with Crippen LogP contribution in [0.1, 0.15) is 12.8 Å². The quantitative estimate of drug-likeness (QED) is 0.609. The van der Waals surface area contributed by atoms with Crippen LogP contribution in [0.25, 0.3) is 0 Å². The summed E-state index contributed by atoms with van der Waals surface area (Å²) in [7, 11) is -3.99. The standard InChI is InChI=1S/C14H18N6O4S/c15-25(23,24)12-3-4-13(14(6-12)20(21)22)18-5-1-2-11(7-18)8-19-10-16-9-17-19/h3-4,6,9-11H,1-2,5,7-8H2,(H2,15,23,24). The van der Waals surface area contributed by atoms with Crippen LogP contribution in [0.4, 0.5) is 11.4 Å². The van der Waals surface area contributed by atoms with E-state index in [2.05, 4.69) is 10.1 Å². The minimum atomic E-state index is -3.99. The smallest absolute Gasteiger partial charge is 0.293 e. The Morgan fingerprint density at radius 3 is 2.84 bits per heavy atom. The van der Waals surface area contributed by atoms with Crippen molar-refractivity contribution in [3.05, 3.63) is 41.0 Å². The van der Waals surface area contributed by atoms with Crippen molar-refractivity contribution in [1.82, 2.24) is 14.8 Å². The van der Waals surface area contributed by atoms with Crippen molar-refractivity contribution in [2.75, 3.05) is 18.0 Å². The third-order valence-corrected chi connectivity index (χ3v) is 5.15. The van der Waals surface area contributed by atoms with Gasteiger partial charge in [0, 0.05) is 25.7 Å². The Hall–Kier alpha value is -2.53. The summed E-state index contributed by atoms with van der Waals surface area (Å²) in [6.45, 7) is 1.97. The summed E-state index contributed by atoms with van der Waals surface area (Å²) >= 11 is 0. The van der Waals surface area contributed by atoms with Crippen LogP contribution in [-0.2, 0) is 16.6 Å². The van der Waals surface area contributed by atoms with Gasteiger partial charge in [0.05, 0.1) is 9.82 Å². The highest BCUT2D eigenvalue weighted by Gasteiger charge is 2.27. The van der Waals surface area contributed by atoms with E-state index in [0.717, 1.165) is 18.9 Å². The summed E-state index contributed by atoms with van der Waals surface area (Å²) in [5.41, 5.74) is 0.147. The van der Waals surface area contributed by atoms with Gasteiger partial charge in [0.15, 0.2) is 0 Å². The van der Waals surface area contributed by atoms with Gasteiger partial charge in [-0.25, -0.2) is 18.5 Å². The molecule has 1 aliphatic heterocycles. The molecule has 25 heavy (non-hydrogen) atoms. The molecule has 2 N–H and O–H groups in total. The van der Waals surface area contributed by atoms with Crippen LogP contribution in [0.5, 0.6) is 0 Å². The zero-order valence-electron chi connectivity index (χ0n) is 13.4. The third kappa shape index (κ3) is 3.94. The number of rotatable bonds is 5. The molecule has 0 amide bonds. The maximum atomic E-state index is 11.5. The number of nitrogens with zero attached hydrogens (tertiary/aromatic N) is 5. The second kappa shape index (κ2) is 6.76. The number of nitro groups is 1. The second-order valence-corrected chi connectivity index (χ2v) is 7.59. The highest BCUT2D eigenvalue weighted by molar-refractivity contribution is 7.89. The van der Waals surface area contributed by atoms with E-state index >= 15 is 0 Å². The van der Waals surface area contributed by atoms with E-state index < -0.39 is 14.9 Å². The molecule has 10 nitrogen and oxygen atoms in total. The zero-order chi connectivity index (χ0) is 18.0. The van der Waals surface area contributed by atoms with Gasteiger partial charge in [-0.2, -0.15) is 5.10 Å². The molecule has 1 atom stereocenters. The first kappa shape index (κ1) is 17.3. The van der Waals surface area contributed by atoms with E-state index in [1.165, 1.54) is 18.5 Å². The van der Waals surface area contributed by atoms with E-state index in [9.17, 15) is 18.5 Å². The number of anilines is 1. The molecule has 1 aromatic heterocycles. The lowest BCUT2D eigenvalue weighted by Crippen LogP contribution is -2.37. The topological polar surface area (TPSA) is 137 Å². The fraction of sp³-hybridized carbons (Fsp3) is 0.429. The van der Waals surface area contributed by atoms with E-state index in [4.69, 9.17) is 5.14 Å². The highest BCUT2D eigenvalue weighted by Crippen LogP contribution is 2.33. The summed E-state index contributed by atoms with van der Waals surface area (Å²) in [5, 5.41) is 20.6. The normalized spacial score (nSPS) is 18.3. The minimum Gasteiger partial charge on any atom is -0.366 e. The molecule has 0 radical (unpaired) electrons. The fourth-order valence-corrected chi connectivity index (χ4v) is 3.65. The number of benzene rings is 1. The lowest BCUT2D eigenvalue weighted by Gasteiger charge is -2.34. The Labute approximate surface area is 144 Å². The van der Waals surface area contributed by atoms with Gasteiger partial charge >= 0.3 is 0 Å². The van der Waals surface area contributed by atoms with Crippen molar-refractivity contribution in [3.8, 4) is 0 Å². The van der Waals surface area contributed by atoms with Crippen LogP contribution in [0.15, 0.2) is 35.7 Å². The van der Waals surface area contributed by atoms with Crippen molar-refractivity contribution in [2.24, 2.45) is 11.1 Å². The minimum absolute atomic E-state index is 0.257. The van der Waals surface area contributed by atoms with E-state index in [0.29, 0.717) is 25.3 Å². The molecule has 1 fully saturated rings. The van der Waals surface area contributed by atoms with Crippen LogP contribution >= 0.6 is 0 Å². The largest absolute Gasteiger partial charge is 0.366 e. The number of hydrogen-bond acceptors (Lipinski definition) is 7. The molecule has 0 bridgehead atoms. The molecule has 3 rings (SSSR count). The lowest BCUT2D eigenvalue weighted by molar-refractivity contribution is -0.384. The molecule has 1 saturated heterocycles. The molecule has 2 aromatic rings. The number of nitro benzene ring substituents is 1. The lowest BCUT2D eigenvalue weighted by atomic mass is 9.97. The molecule has 11 heteroatoms. The average molecular weight is 366 g/mol. The molecule has 134 valence electrons. The fourth-order valence-electron chi connectivity index (χ4n) is 3.12. The molecule has 1 aliphatic rings. The Morgan fingerprint density at radius 1 is 1.40 bits per heavy atom. The van der Waals surface area contributed by atoms with Crippen molar-refractivity contribution >= 4 is 21.4 Å². The van der Waals surface area contributed by atoms with Gasteiger partial charge in [-0.15, -0.1) is 0 Å². The number of sulfonamides is 1. The van der Waals surface area contributed by atoms with Crippen LogP contribution in [-0.4, -0.2) is 41.2 Å². The zero-order valence-corrected chi connectivity index (χ0v) is 14.2. The second-order valence-electron chi connectivity index (χ2n) is 6.02. The van der Waals surface area contributed by atoms with Gasteiger partial charge in [-0.3, -0.25) is 14.8 Å². The molecular formula is C14H18N6O4S. The van der Waals surface area contributed by atoms with Gasteiger partial charge in [0.25, 0.3) is 5.69 Å². The number of nitrogens with two attached hydrogens (primary N) is 1. The predicted molar refractivity (Wildman–Crippen MR) is 89.4 cm³/mol. The SMILES string of the molecule is NS(=O)(=O)c1ccc(N2CCCC(Cn3cncn3)C2)c([N+](=O)[O-])c1. The number of aromatic nitrogens is 3. The van der Waals surface area contributed by atoms with Crippen LogP contribution in [0, 0.1) is 16.0 Å². The Bertz CT molecular complexity index is 867. The predicted octanol–water partition coefficient (Wildman–Crippen LogP) is 0.750. The summed E-state index contributed by atoms with van der Waals surface area (Å²) in [6.07, 6.45) is 4.98. The maximum Gasteiger partial charge on any atom is 0.293 e.